The largest absolute Gasteiger partial charge is 0.393 e. The molecule has 1 aliphatic carbocycles. The van der Waals surface area contributed by atoms with E-state index in [0.29, 0.717) is 5.92 Å². The van der Waals surface area contributed by atoms with Gasteiger partial charge in [0.1, 0.15) is 0 Å². The van der Waals surface area contributed by atoms with Gasteiger partial charge in [-0.1, -0.05) is 18.6 Å². The molecule has 0 aromatic rings. The van der Waals surface area contributed by atoms with Gasteiger partial charge < -0.3 is 10.2 Å². The predicted octanol–water partition coefficient (Wildman–Crippen LogP) is 1.09. The van der Waals surface area contributed by atoms with Crippen LogP contribution >= 0.6 is 0 Å². The molecule has 0 aromatic carbocycles. The van der Waals surface area contributed by atoms with Crippen molar-refractivity contribution in [1.29, 1.82) is 0 Å². The van der Waals surface area contributed by atoms with E-state index in [-0.39, 0.29) is 12.7 Å². The first-order valence-corrected chi connectivity index (χ1v) is 4.19. The van der Waals surface area contributed by atoms with E-state index in [0.717, 1.165) is 31.3 Å². The maximum absolute atomic E-state index is 9.41. The second-order valence-electron chi connectivity index (χ2n) is 3.37. The van der Waals surface area contributed by atoms with Crippen LogP contribution < -0.4 is 0 Å². The van der Waals surface area contributed by atoms with Crippen molar-refractivity contribution in [2.24, 2.45) is 5.92 Å². The molecule has 2 heteroatoms. The fourth-order valence-corrected chi connectivity index (χ4v) is 1.69. The zero-order valence-electron chi connectivity index (χ0n) is 6.79. The van der Waals surface area contributed by atoms with Gasteiger partial charge >= 0.3 is 0 Å². The van der Waals surface area contributed by atoms with E-state index in [1.807, 2.05) is 0 Å². The predicted molar refractivity (Wildman–Crippen MR) is 44.2 cm³/mol. The van der Waals surface area contributed by atoms with E-state index < -0.39 is 0 Å². The van der Waals surface area contributed by atoms with Gasteiger partial charge in [-0.25, -0.2) is 0 Å². The van der Waals surface area contributed by atoms with Crippen molar-refractivity contribution in [3.8, 4) is 0 Å². The first kappa shape index (κ1) is 8.75. The van der Waals surface area contributed by atoms with Crippen LogP contribution in [0.1, 0.15) is 25.7 Å². The Hall–Kier alpha value is -0.340. The summed E-state index contributed by atoms with van der Waals surface area (Å²) in [6.07, 6.45) is 3.75. The molecule has 2 nitrogen and oxygen atoms in total. The summed E-state index contributed by atoms with van der Waals surface area (Å²) in [6.45, 7) is 3.77. The lowest BCUT2D eigenvalue weighted by atomic mass is 9.97. The van der Waals surface area contributed by atoms with Crippen LogP contribution in [0.2, 0.25) is 0 Å². The van der Waals surface area contributed by atoms with Crippen molar-refractivity contribution in [2.75, 3.05) is 6.61 Å². The van der Waals surface area contributed by atoms with Gasteiger partial charge in [-0.15, -0.1) is 0 Å². The highest BCUT2D eigenvalue weighted by Crippen LogP contribution is 2.29. The van der Waals surface area contributed by atoms with E-state index in [2.05, 4.69) is 6.58 Å². The van der Waals surface area contributed by atoms with Crippen LogP contribution in [0.25, 0.3) is 0 Å². The highest BCUT2D eigenvalue weighted by atomic mass is 16.3. The SMILES string of the molecule is C=C(CO)CC1CCCC1O. The minimum atomic E-state index is -0.154. The number of aliphatic hydroxyl groups is 2. The van der Waals surface area contributed by atoms with Gasteiger partial charge in [0.25, 0.3) is 0 Å². The standard InChI is InChI=1S/C9H16O2/c1-7(6-10)5-8-3-2-4-9(8)11/h8-11H,1-6H2. The van der Waals surface area contributed by atoms with Crippen molar-refractivity contribution in [3.05, 3.63) is 12.2 Å². The van der Waals surface area contributed by atoms with Crippen molar-refractivity contribution < 1.29 is 10.2 Å². The van der Waals surface area contributed by atoms with Gasteiger partial charge in [0.15, 0.2) is 0 Å². The molecule has 0 heterocycles. The van der Waals surface area contributed by atoms with Crippen molar-refractivity contribution >= 4 is 0 Å². The minimum Gasteiger partial charge on any atom is -0.393 e. The monoisotopic (exact) mass is 156 g/mol. The van der Waals surface area contributed by atoms with Crippen LogP contribution in [-0.2, 0) is 0 Å². The lowest BCUT2D eigenvalue weighted by molar-refractivity contribution is 0.131. The molecule has 0 amide bonds. The van der Waals surface area contributed by atoms with Gasteiger partial charge in [-0.05, 0) is 25.2 Å². The molecule has 11 heavy (non-hydrogen) atoms. The van der Waals surface area contributed by atoms with Gasteiger partial charge in [0.05, 0.1) is 12.7 Å². The zero-order chi connectivity index (χ0) is 8.27. The fraction of sp³-hybridized carbons (Fsp3) is 0.778. The number of hydrogen-bond acceptors (Lipinski definition) is 2. The molecule has 0 bridgehead atoms. The Balaban J connectivity index is 2.30. The Morgan fingerprint density at radius 2 is 2.18 bits per heavy atom. The average Bonchev–Trinajstić information content (AvgIpc) is 2.37. The highest BCUT2D eigenvalue weighted by Gasteiger charge is 2.24. The Morgan fingerprint density at radius 3 is 2.64 bits per heavy atom. The Kier molecular flexibility index (Phi) is 3.09. The van der Waals surface area contributed by atoms with E-state index in [9.17, 15) is 5.11 Å². The molecule has 1 saturated carbocycles. The third-order valence-electron chi connectivity index (χ3n) is 2.39. The third kappa shape index (κ3) is 2.31. The number of hydrogen-bond donors (Lipinski definition) is 2. The molecule has 0 aliphatic heterocycles. The second kappa shape index (κ2) is 3.88. The summed E-state index contributed by atoms with van der Waals surface area (Å²) >= 11 is 0. The molecule has 64 valence electrons. The molecule has 1 rings (SSSR count). The summed E-state index contributed by atoms with van der Waals surface area (Å²) < 4.78 is 0. The zero-order valence-corrected chi connectivity index (χ0v) is 6.79. The van der Waals surface area contributed by atoms with Crippen LogP contribution in [0.5, 0.6) is 0 Å². The van der Waals surface area contributed by atoms with Gasteiger partial charge in [-0.2, -0.15) is 0 Å². The molecular formula is C9H16O2. The Bertz CT molecular complexity index is 142. The summed E-state index contributed by atoms with van der Waals surface area (Å²) in [5.41, 5.74) is 0.843. The fourth-order valence-electron chi connectivity index (χ4n) is 1.69. The van der Waals surface area contributed by atoms with E-state index in [1.54, 1.807) is 0 Å². The maximum Gasteiger partial charge on any atom is 0.0639 e. The Morgan fingerprint density at radius 1 is 1.45 bits per heavy atom. The number of rotatable bonds is 3. The smallest absolute Gasteiger partial charge is 0.0639 e. The van der Waals surface area contributed by atoms with E-state index in [4.69, 9.17) is 5.11 Å². The third-order valence-corrected chi connectivity index (χ3v) is 2.39. The van der Waals surface area contributed by atoms with Crippen molar-refractivity contribution in [2.45, 2.75) is 31.8 Å². The molecule has 2 N–H and O–H groups in total. The first-order chi connectivity index (χ1) is 5.24. The average molecular weight is 156 g/mol. The summed E-state index contributed by atoms with van der Waals surface area (Å²) in [5, 5.41) is 18.1. The number of aliphatic hydroxyl groups excluding tert-OH is 2. The lowest BCUT2D eigenvalue weighted by Crippen LogP contribution is -2.14. The molecule has 2 atom stereocenters. The maximum atomic E-state index is 9.41. The summed E-state index contributed by atoms with van der Waals surface area (Å²) in [4.78, 5) is 0. The van der Waals surface area contributed by atoms with Crippen LogP contribution in [0.4, 0.5) is 0 Å². The molecule has 1 aliphatic rings. The Labute approximate surface area is 67.6 Å². The van der Waals surface area contributed by atoms with Crippen LogP contribution in [0.3, 0.4) is 0 Å². The highest BCUT2D eigenvalue weighted by molar-refractivity contribution is 4.97. The summed E-state index contributed by atoms with van der Waals surface area (Å²) in [5.74, 6) is 0.356. The van der Waals surface area contributed by atoms with Gasteiger partial charge in [-0.3, -0.25) is 0 Å². The molecule has 1 fully saturated rings. The quantitative estimate of drug-likeness (QED) is 0.600. The normalized spacial score (nSPS) is 30.7. The molecule has 2 unspecified atom stereocenters. The van der Waals surface area contributed by atoms with E-state index >= 15 is 0 Å². The molecule has 0 radical (unpaired) electrons. The van der Waals surface area contributed by atoms with Crippen molar-refractivity contribution in [3.63, 3.8) is 0 Å². The van der Waals surface area contributed by atoms with Crippen molar-refractivity contribution in [1.82, 2.24) is 0 Å². The molecular weight excluding hydrogens is 140 g/mol. The van der Waals surface area contributed by atoms with Gasteiger partial charge in [0, 0.05) is 0 Å². The van der Waals surface area contributed by atoms with Crippen LogP contribution in [-0.4, -0.2) is 22.9 Å². The summed E-state index contributed by atoms with van der Waals surface area (Å²) in [7, 11) is 0. The molecule has 0 saturated heterocycles. The molecule has 0 spiro atoms. The second-order valence-corrected chi connectivity index (χ2v) is 3.37. The summed E-state index contributed by atoms with van der Waals surface area (Å²) in [6, 6.07) is 0. The first-order valence-electron chi connectivity index (χ1n) is 4.19. The van der Waals surface area contributed by atoms with Crippen LogP contribution in [0.15, 0.2) is 12.2 Å². The van der Waals surface area contributed by atoms with Gasteiger partial charge in [0.2, 0.25) is 0 Å². The van der Waals surface area contributed by atoms with Crippen LogP contribution in [0, 0.1) is 5.92 Å². The van der Waals surface area contributed by atoms with E-state index in [1.165, 1.54) is 0 Å². The topological polar surface area (TPSA) is 40.5 Å². The lowest BCUT2D eigenvalue weighted by Gasteiger charge is -2.14. The minimum absolute atomic E-state index is 0.0588. The molecule has 0 aromatic heterocycles.